The van der Waals surface area contributed by atoms with E-state index in [2.05, 4.69) is 0 Å². The molecule has 2 aromatic carbocycles. The van der Waals surface area contributed by atoms with Crippen LogP contribution in [0, 0.1) is 33.1 Å². The Morgan fingerprint density at radius 2 is 1.55 bits per heavy atom. The molecular formula is C25H30O5S. The highest BCUT2D eigenvalue weighted by Gasteiger charge is 2.42. The van der Waals surface area contributed by atoms with Crippen LogP contribution in [0.5, 0.6) is 0 Å². The number of aliphatic hydroxyl groups excluding tert-OH is 1. The maximum absolute atomic E-state index is 13.0. The number of aliphatic hydroxyl groups is 1. The molecule has 0 saturated carbocycles. The van der Waals surface area contributed by atoms with E-state index < -0.39 is 27.3 Å². The van der Waals surface area contributed by atoms with Crippen LogP contribution in [0.2, 0.25) is 0 Å². The zero-order valence-electron chi connectivity index (χ0n) is 18.9. The van der Waals surface area contributed by atoms with Crippen molar-refractivity contribution in [1.82, 2.24) is 0 Å². The number of hydrogen-bond acceptors (Lipinski definition) is 5. The van der Waals surface area contributed by atoms with Crippen LogP contribution in [0.15, 0.2) is 47.1 Å². The SMILES string of the molecule is Cc1ccc(S(=O)(=O)CC(C)(C)C2CC(O)=C(c3c(C)cc(C)cc3C)C(=O)O2)cc1. The zero-order chi connectivity index (χ0) is 23.1. The number of aryl methyl sites for hydroxylation is 4. The van der Waals surface area contributed by atoms with E-state index in [1.807, 2.05) is 39.8 Å². The van der Waals surface area contributed by atoms with Crippen LogP contribution < -0.4 is 0 Å². The molecule has 1 aliphatic rings. The van der Waals surface area contributed by atoms with E-state index in [1.165, 1.54) is 0 Å². The number of esters is 1. The van der Waals surface area contributed by atoms with Crippen molar-refractivity contribution >= 4 is 21.4 Å². The maximum atomic E-state index is 13.0. The van der Waals surface area contributed by atoms with Gasteiger partial charge in [0.2, 0.25) is 0 Å². The summed E-state index contributed by atoms with van der Waals surface area (Å²) in [7, 11) is -3.59. The Hall–Kier alpha value is -2.60. The van der Waals surface area contributed by atoms with E-state index in [0.29, 0.717) is 5.56 Å². The van der Waals surface area contributed by atoms with Crippen LogP contribution in [0.1, 0.15) is 48.1 Å². The second-order valence-electron chi connectivity index (χ2n) is 9.25. The van der Waals surface area contributed by atoms with Gasteiger partial charge in [-0.05, 0) is 56.5 Å². The molecule has 1 atom stereocenters. The minimum atomic E-state index is -3.59. The van der Waals surface area contributed by atoms with Crippen molar-refractivity contribution in [3.05, 3.63) is 70.0 Å². The Kier molecular flexibility index (Phi) is 6.07. The summed E-state index contributed by atoms with van der Waals surface area (Å²) in [4.78, 5) is 13.2. The van der Waals surface area contributed by atoms with E-state index in [9.17, 15) is 18.3 Å². The highest BCUT2D eigenvalue weighted by molar-refractivity contribution is 7.91. The topological polar surface area (TPSA) is 80.7 Å². The van der Waals surface area contributed by atoms with Crippen LogP contribution in [0.25, 0.3) is 5.57 Å². The van der Waals surface area contributed by atoms with Crippen LogP contribution in [-0.2, 0) is 19.4 Å². The molecule has 1 N–H and O–H groups in total. The van der Waals surface area contributed by atoms with Crippen LogP contribution >= 0.6 is 0 Å². The fourth-order valence-corrected chi connectivity index (χ4v) is 6.18. The van der Waals surface area contributed by atoms with Gasteiger partial charge in [0.05, 0.1) is 10.6 Å². The summed E-state index contributed by atoms with van der Waals surface area (Å²) >= 11 is 0. The summed E-state index contributed by atoms with van der Waals surface area (Å²) in [6.45, 7) is 11.2. The van der Waals surface area contributed by atoms with Gasteiger partial charge in [-0.25, -0.2) is 13.2 Å². The molecule has 3 rings (SSSR count). The monoisotopic (exact) mass is 442 g/mol. The van der Waals surface area contributed by atoms with Crippen molar-refractivity contribution < 1.29 is 23.1 Å². The molecule has 0 bridgehead atoms. The van der Waals surface area contributed by atoms with E-state index in [0.717, 1.165) is 22.3 Å². The lowest BCUT2D eigenvalue weighted by atomic mass is 9.83. The summed E-state index contributed by atoms with van der Waals surface area (Å²) in [5, 5.41) is 10.8. The first-order valence-corrected chi connectivity index (χ1v) is 12.0. The van der Waals surface area contributed by atoms with Crippen molar-refractivity contribution in [2.75, 3.05) is 5.75 Å². The van der Waals surface area contributed by atoms with Gasteiger partial charge in [0, 0.05) is 11.8 Å². The number of carbonyl (C=O) groups excluding carboxylic acids is 1. The Morgan fingerprint density at radius 1 is 1.00 bits per heavy atom. The van der Waals surface area contributed by atoms with Crippen molar-refractivity contribution in [2.24, 2.45) is 5.41 Å². The maximum Gasteiger partial charge on any atom is 0.342 e. The Balaban J connectivity index is 1.91. The molecule has 0 saturated heterocycles. The van der Waals surface area contributed by atoms with Gasteiger partial charge in [0.15, 0.2) is 9.84 Å². The minimum Gasteiger partial charge on any atom is -0.511 e. The molecule has 0 aliphatic carbocycles. The normalized spacial score (nSPS) is 17.6. The van der Waals surface area contributed by atoms with Crippen LogP contribution in [0.4, 0.5) is 0 Å². The van der Waals surface area contributed by atoms with Crippen molar-refractivity contribution in [2.45, 2.75) is 59.0 Å². The van der Waals surface area contributed by atoms with E-state index in [-0.39, 0.29) is 28.4 Å². The number of carbonyl (C=O) groups is 1. The number of ether oxygens (including phenoxy) is 1. The molecule has 1 heterocycles. The van der Waals surface area contributed by atoms with Gasteiger partial charge in [-0.15, -0.1) is 0 Å². The third-order valence-electron chi connectivity index (χ3n) is 5.86. The highest BCUT2D eigenvalue weighted by Crippen LogP contribution is 2.39. The largest absolute Gasteiger partial charge is 0.511 e. The molecule has 0 spiro atoms. The van der Waals surface area contributed by atoms with Crippen molar-refractivity contribution in [3.63, 3.8) is 0 Å². The average molecular weight is 443 g/mol. The Morgan fingerprint density at radius 3 is 2.06 bits per heavy atom. The summed E-state index contributed by atoms with van der Waals surface area (Å²) in [6.07, 6.45) is -0.681. The second-order valence-corrected chi connectivity index (χ2v) is 11.2. The molecule has 166 valence electrons. The molecule has 0 amide bonds. The third kappa shape index (κ3) is 4.69. The van der Waals surface area contributed by atoms with Crippen molar-refractivity contribution in [3.8, 4) is 0 Å². The molecule has 31 heavy (non-hydrogen) atoms. The molecule has 1 unspecified atom stereocenters. The summed E-state index contributed by atoms with van der Waals surface area (Å²) in [6, 6.07) is 10.6. The fraction of sp³-hybridized carbons (Fsp3) is 0.400. The second kappa shape index (κ2) is 8.15. The standard InChI is InChI=1S/C25H30O5S/c1-15-7-9-19(10-8-15)31(28,29)14-25(5,6)21-13-20(26)23(24(27)30-21)22-17(3)11-16(2)12-18(22)4/h7-12,21,26H,13-14H2,1-6H3. The van der Waals surface area contributed by atoms with Gasteiger partial charge in [0.1, 0.15) is 17.4 Å². The predicted octanol–water partition coefficient (Wildman–Crippen LogP) is 5.00. The Bertz CT molecular complexity index is 1130. The molecular weight excluding hydrogens is 412 g/mol. The van der Waals surface area contributed by atoms with Gasteiger partial charge in [0.25, 0.3) is 0 Å². The lowest BCUT2D eigenvalue weighted by Gasteiger charge is -2.36. The molecule has 0 radical (unpaired) electrons. The molecule has 6 heteroatoms. The first-order chi connectivity index (χ1) is 14.3. The molecule has 0 fully saturated rings. The third-order valence-corrected chi connectivity index (χ3v) is 7.98. The highest BCUT2D eigenvalue weighted by atomic mass is 32.2. The smallest absolute Gasteiger partial charge is 0.342 e. The quantitative estimate of drug-likeness (QED) is 0.659. The van der Waals surface area contributed by atoms with Crippen LogP contribution in [0.3, 0.4) is 0 Å². The lowest BCUT2D eigenvalue weighted by Crippen LogP contribution is -2.42. The summed E-state index contributed by atoms with van der Waals surface area (Å²) in [5.41, 5.74) is 3.77. The molecule has 0 aromatic heterocycles. The summed E-state index contributed by atoms with van der Waals surface area (Å²) in [5.74, 6) is -0.881. The number of cyclic esters (lactones) is 1. The van der Waals surface area contributed by atoms with E-state index in [1.54, 1.807) is 38.1 Å². The van der Waals surface area contributed by atoms with Crippen molar-refractivity contribution in [1.29, 1.82) is 0 Å². The first-order valence-electron chi connectivity index (χ1n) is 10.3. The van der Waals surface area contributed by atoms with Gasteiger partial charge in [-0.2, -0.15) is 0 Å². The number of hydrogen-bond donors (Lipinski definition) is 1. The van der Waals surface area contributed by atoms with E-state index in [4.69, 9.17) is 4.74 Å². The van der Waals surface area contributed by atoms with Gasteiger partial charge >= 0.3 is 5.97 Å². The molecule has 5 nitrogen and oxygen atoms in total. The minimum absolute atomic E-state index is 0.0582. The number of benzene rings is 2. The van der Waals surface area contributed by atoms with Crippen LogP contribution in [-0.4, -0.2) is 31.4 Å². The zero-order valence-corrected chi connectivity index (χ0v) is 19.8. The fourth-order valence-electron chi connectivity index (χ4n) is 4.29. The molecule has 1 aliphatic heterocycles. The van der Waals surface area contributed by atoms with E-state index >= 15 is 0 Å². The lowest BCUT2D eigenvalue weighted by molar-refractivity contribution is -0.149. The first kappa shape index (κ1) is 23.1. The summed E-state index contributed by atoms with van der Waals surface area (Å²) < 4.78 is 31.6. The predicted molar refractivity (Wildman–Crippen MR) is 122 cm³/mol. The van der Waals surface area contributed by atoms with Gasteiger partial charge in [-0.3, -0.25) is 0 Å². The number of sulfone groups is 1. The molecule has 2 aromatic rings. The van der Waals surface area contributed by atoms with Gasteiger partial charge < -0.3 is 9.84 Å². The average Bonchev–Trinajstić information content (AvgIpc) is 2.62. The Labute approximate surface area is 184 Å². The van der Waals surface area contributed by atoms with Gasteiger partial charge in [-0.1, -0.05) is 49.2 Å². The number of rotatable bonds is 5.